The molecule has 1 aliphatic heterocycles. The van der Waals surface area contributed by atoms with Gasteiger partial charge in [0.1, 0.15) is 0 Å². The fourth-order valence-electron chi connectivity index (χ4n) is 2.75. The van der Waals surface area contributed by atoms with Gasteiger partial charge in [0.05, 0.1) is 16.3 Å². The lowest BCUT2D eigenvalue weighted by atomic mass is 10.1. The van der Waals surface area contributed by atoms with Crippen molar-refractivity contribution in [3.63, 3.8) is 0 Å². The highest BCUT2D eigenvalue weighted by Crippen LogP contribution is 2.32. The number of hydrogen-bond acceptors (Lipinski definition) is 4. The number of benzene rings is 2. The molecule has 2 aromatic rings. The van der Waals surface area contributed by atoms with Gasteiger partial charge < -0.3 is 9.80 Å². The summed E-state index contributed by atoms with van der Waals surface area (Å²) in [5.74, 6) is -0.635. The molecule has 3 rings (SSSR count). The fourth-order valence-corrected chi connectivity index (χ4v) is 3.26. The van der Waals surface area contributed by atoms with E-state index in [9.17, 15) is 21.9 Å². The third kappa shape index (κ3) is 3.25. The summed E-state index contributed by atoms with van der Waals surface area (Å²) in [5, 5.41) is 0. The summed E-state index contributed by atoms with van der Waals surface area (Å²) >= 11 is 0. The Labute approximate surface area is 144 Å². The van der Waals surface area contributed by atoms with Gasteiger partial charge in [0.2, 0.25) is 5.91 Å². The van der Waals surface area contributed by atoms with Gasteiger partial charge in [0.15, 0.2) is 0 Å². The van der Waals surface area contributed by atoms with Crippen molar-refractivity contribution in [2.45, 2.75) is 11.3 Å². The number of fused-ring (bicyclic) bond motifs is 1. The monoisotopic (exact) mass is 362 g/mol. The van der Waals surface area contributed by atoms with Crippen LogP contribution in [0, 0.1) is 0 Å². The molecule has 2 amide bonds. The zero-order valence-electron chi connectivity index (χ0n) is 13.3. The molecule has 0 bridgehead atoms. The number of hydrogen-bond donors (Lipinski definition) is 0. The van der Waals surface area contributed by atoms with Crippen LogP contribution in [0.4, 0.5) is 15.3 Å². The molecule has 0 spiro atoms. The maximum atomic E-state index is 13.2. The van der Waals surface area contributed by atoms with Crippen LogP contribution in [0.25, 0.3) is 0 Å². The van der Waals surface area contributed by atoms with Gasteiger partial charge in [0.25, 0.3) is 5.91 Å². The molecule has 0 fully saturated rings. The van der Waals surface area contributed by atoms with E-state index in [0.717, 1.165) is 12.1 Å². The predicted octanol–water partition coefficient (Wildman–Crippen LogP) is 2.36. The minimum Gasteiger partial charge on any atom is -0.313 e. The Balaban J connectivity index is 2.06. The standard InChI is InChI=1S/C17H15FN2O4S/c1-19-14-7-2-3-8-15(14)20(10-9-16(19)21)17(22)12-5-4-6-13(11-12)25(18,23)24/h2-8,11H,9-10H2,1H3. The van der Waals surface area contributed by atoms with Crippen LogP contribution in [-0.4, -0.2) is 33.8 Å². The fraction of sp³-hybridized carbons (Fsp3) is 0.176. The van der Waals surface area contributed by atoms with E-state index in [1.807, 2.05) is 0 Å². The first-order chi connectivity index (χ1) is 11.8. The lowest BCUT2D eigenvalue weighted by molar-refractivity contribution is -0.118. The Bertz CT molecular complexity index is 959. The molecule has 8 heteroatoms. The molecule has 1 heterocycles. The summed E-state index contributed by atoms with van der Waals surface area (Å²) in [5.41, 5.74) is 1.15. The Morgan fingerprint density at radius 2 is 1.76 bits per heavy atom. The van der Waals surface area contributed by atoms with Crippen LogP contribution in [0.5, 0.6) is 0 Å². The van der Waals surface area contributed by atoms with Gasteiger partial charge in [-0.3, -0.25) is 9.59 Å². The normalized spacial score (nSPS) is 14.9. The van der Waals surface area contributed by atoms with E-state index in [1.54, 1.807) is 31.3 Å². The third-order valence-corrected chi connectivity index (χ3v) is 4.88. The van der Waals surface area contributed by atoms with Crippen LogP contribution in [0.1, 0.15) is 16.8 Å². The number of carbonyl (C=O) groups is 2. The van der Waals surface area contributed by atoms with Crippen molar-refractivity contribution < 1.29 is 21.9 Å². The number of rotatable bonds is 2. The van der Waals surface area contributed by atoms with Crippen molar-refractivity contribution in [3.05, 3.63) is 54.1 Å². The average Bonchev–Trinajstić information content (AvgIpc) is 2.72. The maximum Gasteiger partial charge on any atom is 0.332 e. The van der Waals surface area contributed by atoms with Crippen LogP contribution in [-0.2, 0) is 15.0 Å². The highest BCUT2D eigenvalue weighted by molar-refractivity contribution is 7.86. The minimum absolute atomic E-state index is 0.0329. The van der Waals surface area contributed by atoms with Crippen molar-refractivity contribution in [3.8, 4) is 0 Å². The van der Waals surface area contributed by atoms with E-state index in [2.05, 4.69) is 0 Å². The first kappa shape index (κ1) is 17.1. The molecule has 0 saturated heterocycles. The molecular weight excluding hydrogens is 347 g/mol. The summed E-state index contributed by atoms with van der Waals surface area (Å²) in [7, 11) is -3.28. The Hall–Kier alpha value is -2.74. The number of halogens is 1. The zero-order valence-corrected chi connectivity index (χ0v) is 14.2. The summed E-state index contributed by atoms with van der Waals surface area (Å²) in [6.45, 7) is 0.144. The van der Waals surface area contributed by atoms with Gasteiger partial charge >= 0.3 is 10.2 Å². The predicted molar refractivity (Wildman–Crippen MR) is 90.9 cm³/mol. The van der Waals surface area contributed by atoms with E-state index in [-0.39, 0.29) is 24.4 Å². The molecule has 0 N–H and O–H groups in total. The first-order valence-electron chi connectivity index (χ1n) is 7.51. The highest BCUT2D eigenvalue weighted by atomic mass is 32.3. The van der Waals surface area contributed by atoms with Crippen molar-refractivity contribution in [1.82, 2.24) is 0 Å². The van der Waals surface area contributed by atoms with Crippen LogP contribution < -0.4 is 9.80 Å². The summed E-state index contributed by atoms with van der Waals surface area (Å²) in [4.78, 5) is 27.3. The minimum atomic E-state index is -4.91. The van der Waals surface area contributed by atoms with Gasteiger partial charge in [-0.2, -0.15) is 8.42 Å². The van der Waals surface area contributed by atoms with Crippen LogP contribution >= 0.6 is 0 Å². The molecule has 0 aliphatic carbocycles. The molecule has 2 aromatic carbocycles. The Kier molecular flexibility index (Phi) is 4.30. The average molecular weight is 362 g/mol. The quantitative estimate of drug-likeness (QED) is 0.769. The molecule has 0 radical (unpaired) electrons. The summed E-state index contributed by atoms with van der Waals surface area (Å²) < 4.78 is 35.4. The van der Waals surface area contributed by atoms with Crippen molar-refractivity contribution in [2.75, 3.05) is 23.4 Å². The molecule has 6 nitrogen and oxygen atoms in total. The topological polar surface area (TPSA) is 74.8 Å². The van der Waals surface area contributed by atoms with Gasteiger partial charge in [0, 0.05) is 25.6 Å². The molecule has 1 aliphatic rings. The SMILES string of the molecule is CN1C(=O)CCN(C(=O)c2cccc(S(=O)(=O)F)c2)c2ccccc21. The zero-order chi connectivity index (χ0) is 18.2. The van der Waals surface area contributed by atoms with E-state index in [1.165, 1.54) is 21.9 Å². The Morgan fingerprint density at radius 1 is 1.08 bits per heavy atom. The maximum absolute atomic E-state index is 13.2. The highest BCUT2D eigenvalue weighted by Gasteiger charge is 2.28. The van der Waals surface area contributed by atoms with Crippen molar-refractivity contribution in [2.24, 2.45) is 0 Å². The third-order valence-electron chi connectivity index (χ3n) is 4.06. The second-order valence-corrected chi connectivity index (χ2v) is 6.96. The first-order valence-corrected chi connectivity index (χ1v) is 8.89. The van der Waals surface area contributed by atoms with Gasteiger partial charge in [-0.15, -0.1) is 3.89 Å². The summed E-state index contributed by atoms with van der Waals surface area (Å²) in [6.07, 6.45) is 0.123. The van der Waals surface area contributed by atoms with Gasteiger partial charge in [-0.25, -0.2) is 0 Å². The smallest absolute Gasteiger partial charge is 0.313 e. The van der Waals surface area contributed by atoms with Crippen LogP contribution in [0.2, 0.25) is 0 Å². The number of carbonyl (C=O) groups excluding carboxylic acids is 2. The van der Waals surface area contributed by atoms with E-state index >= 15 is 0 Å². The summed E-state index contributed by atoms with van der Waals surface area (Å²) in [6, 6.07) is 11.7. The molecular formula is C17H15FN2O4S. The second-order valence-electron chi connectivity index (χ2n) is 5.61. The lowest BCUT2D eigenvalue weighted by Gasteiger charge is -2.23. The van der Waals surface area contributed by atoms with Gasteiger partial charge in [-0.05, 0) is 30.3 Å². The van der Waals surface area contributed by atoms with Crippen LogP contribution in [0.3, 0.4) is 0 Å². The largest absolute Gasteiger partial charge is 0.332 e. The van der Waals surface area contributed by atoms with Crippen molar-refractivity contribution >= 4 is 33.4 Å². The number of anilines is 2. The van der Waals surface area contributed by atoms with Crippen molar-refractivity contribution in [1.29, 1.82) is 0 Å². The molecule has 0 aromatic heterocycles. The number of para-hydroxylation sites is 2. The molecule has 0 unspecified atom stereocenters. The lowest BCUT2D eigenvalue weighted by Crippen LogP contribution is -2.32. The number of nitrogens with zero attached hydrogens (tertiary/aromatic N) is 2. The molecule has 0 atom stereocenters. The van der Waals surface area contributed by atoms with E-state index in [0.29, 0.717) is 11.4 Å². The molecule has 25 heavy (non-hydrogen) atoms. The second kappa shape index (κ2) is 6.29. The van der Waals surface area contributed by atoms with E-state index in [4.69, 9.17) is 0 Å². The van der Waals surface area contributed by atoms with Gasteiger partial charge in [-0.1, -0.05) is 18.2 Å². The number of amides is 2. The molecule has 0 saturated carbocycles. The molecule has 130 valence electrons. The Morgan fingerprint density at radius 3 is 2.44 bits per heavy atom. The van der Waals surface area contributed by atoms with Crippen LogP contribution in [0.15, 0.2) is 53.4 Å². The van der Waals surface area contributed by atoms with E-state index < -0.39 is 21.0 Å².